The number of furan rings is 1. The van der Waals surface area contributed by atoms with Crippen LogP contribution in [-0.4, -0.2) is 19.8 Å². The molecular weight excluding hydrogens is 194 g/mol. The van der Waals surface area contributed by atoms with E-state index >= 15 is 0 Å². The second kappa shape index (κ2) is 5.90. The maximum absolute atomic E-state index is 5.58. The number of aryl methyl sites for hydroxylation is 1. The summed E-state index contributed by atoms with van der Waals surface area (Å²) in [6.07, 6.45) is 0.0885. The zero-order chi connectivity index (χ0) is 11.3. The summed E-state index contributed by atoms with van der Waals surface area (Å²) in [5.41, 5.74) is 6.54. The second-order valence-corrected chi connectivity index (χ2v) is 3.58. The van der Waals surface area contributed by atoms with Crippen molar-refractivity contribution in [1.29, 1.82) is 0 Å². The van der Waals surface area contributed by atoms with Gasteiger partial charge in [0.15, 0.2) is 0 Å². The molecule has 86 valence electrons. The second-order valence-electron chi connectivity index (χ2n) is 3.58. The highest BCUT2D eigenvalue weighted by atomic mass is 16.5. The summed E-state index contributed by atoms with van der Waals surface area (Å²) in [4.78, 5) is 0. The van der Waals surface area contributed by atoms with E-state index in [0.717, 1.165) is 17.1 Å². The van der Waals surface area contributed by atoms with E-state index in [0.29, 0.717) is 19.8 Å². The molecule has 0 saturated heterocycles. The van der Waals surface area contributed by atoms with Crippen LogP contribution in [0.15, 0.2) is 10.5 Å². The fraction of sp³-hybridized carbons (Fsp3) is 0.636. The fourth-order valence-electron chi connectivity index (χ4n) is 1.35. The third kappa shape index (κ3) is 3.66. The predicted octanol–water partition coefficient (Wildman–Crippen LogP) is 1.60. The fourth-order valence-corrected chi connectivity index (χ4v) is 1.35. The smallest absolute Gasteiger partial charge is 0.118 e. The Morgan fingerprint density at radius 3 is 2.80 bits per heavy atom. The van der Waals surface area contributed by atoms with Gasteiger partial charge in [-0.05, 0) is 19.9 Å². The summed E-state index contributed by atoms with van der Waals surface area (Å²) in [6.45, 7) is 5.45. The first-order valence-electron chi connectivity index (χ1n) is 5.06. The minimum atomic E-state index is 0.0885. The van der Waals surface area contributed by atoms with Crippen LogP contribution < -0.4 is 5.73 Å². The van der Waals surface area contributed by atoms with Gasteiger partial charge in [0.25, 0.3) is 0 Å². The van der Waals surface area contributed by atoms with E-state index in [1.165, 1.54) is 0 Å². The van der Waals surface area contributed by atoms with Crippen molar-refractivity contribution in [2.45, 2.75) is 33.1 Å². The largest absolute Gasteiger partial charge is 0.465 e. The summed E-state index contributed by atoms with van der Waals surface area (Å²) in [5.74, 6) is 1.67. The van der Waals surface area contributed by atoms with Gasteiger partial charge in [0.05, 0.1) is 25.9 Å². The van der Waals surface area contributed by atoms with Crippen LogP contribution in [0.25, 0.3) is 0 Å². The third-order valence-corrected chi connectivity index (χ3v) is 2.20. The summed E-state index contributed by atoms with van der Waals surface area (Å²) in [5, 5.41) is 0. The maximum atomic E-state index is 5.58. The molecule has 1 aromatic rings. The van der Waals surface area contributed by atoms with Crippen LogP contribution in [0, 0.1) is 6.92 Å². The lowest BCUT2D eigenvalue weighted by molar-refractivity contribution is -0.000504. The average molecular weight is 213 g/mol. The molecule has 0 aromatic carbocycles. The molecule has 1 unspecified atom stereocenters. The number of methoxy groups -OCH3 is 1. The molecule has 1 atom stereocenters. The first-order chi connectivity index (χ1) is 7.17. The highest BCUT2D eigenvalue weighted by Crippen LogP contribution is 2.15. The molecule has 0 aliphatic heterocycles. The molecule has 0 aliphatic carbocycles. The molecule has 0 fully saturated rings. The standard InChI is InChI=1S/C11H19NO3/c1-8(6-13-3)14-7-10-4-11(5-12)15-9(10)2/h4,8H,5-7,12H2,1-3H3. The van der Waals surface area contributed by atoms with Crippen LogP contribution in [0.5, 0.6) is 0 Å². The monoisotopic (exact) mass is 213 g/mol. The van der Waals surface area contributed by atoms with Crippen LogP contribution in [0.2, 0.25) is 0 Å². The summed E-state index contributed by atoms with van der Waals surface area (Å²) >= 11 is 0. The highest BCUT2D eigenvalue weighted by Gasteiger charge is 2.08. The Labute approximate surface area is 90.3 Å². The van der Waals surface area contributed by atoms with Gasteiger partial charge in [0.2, 0.25) is 0 Å². The molecule has 0 bridgehead atoms. The summed E-state index contributed by atoms with van der Waals surface area (Å²) in [7, 11) is 1.66. The van der Waals surface area contributed by atoms with Gasteiger partial charge in [-0.25, -0.2) is 0 Å². The molecule has 1 heterocycles. The molecule has 0 spiro atoms. The molecule has 2 N–H and O–H groups in total. The average Bonchev–Trinajstić information content (AvgIpc) is 2.57. The molecule has 0 aliphatic rings. The number of ether oxygens (including phenoxy) is 2. The topological polar surface area (TPSA) is 57.6 Å². The van der Waals surface area contributed by atoms with Crippen molar-refractivity contribution in [3.63, 3.8) is 0 Å². The Kier molecular flexibility index (Phi) is 4.81. The zero-order valence-corrected chi connectivity index (χ0v) is 9.58. The van der Waals surface area contributed by atoms with E-state index in [1.54, 1.807) is 7.11 Å². The van der Waals surface area contributed by atoms with Crippen LogP contribution in [0.4, 0.5) is 0 Å². The van der Waals surface area contributed by atoms with E-state index in [9.17, 15) is 0 Å². The van der Waals surface area contributed by atoms with Crippen LogP contribution in [0.1, 0.15) is 24.0 Å². The van der Waals surface area contributed by atoms with Crippen molar-refractivity contribution < 1.29 is 13.9 Å². The zero-order valence-electron chi connectivity index (χ0n) is 9.58. The van der Waals surface area contributed by atoms with Crippen molar-refractivity contribution >= 4 is 0 Å². The SMILES string of the molecule is COCC(C)OCc1cc(CN)oc1C. The summed E-state index contributed by atoms with van der Waals surface area (Å²) in [6, 6.07) is 1.94. The van der Waals surface area contributed by atoms with Gasteiger partial charge >= 0.3 is 0 Å². The van der Waals surface area contributed by atoms with Gasteiger partial charge in [0.1, 0.15) is 11.5 Å². The normalized spacial score (nSPS) is 13.1. The maximum Gasteiger partial charge on any atom is 0.118 e. The number of rotatable bonds is 6. The first-order valence-corrected chi connectivity index (χ1v) is 5.06. The highest BCUT2D eigenvalue weighted by molar-refractivity contribution is 5.19. The lowest BCUT2D eigenvalue weighted by atomic mass is 10.2. The van der Waals surface area contributed by atoms with Crippen molar-refractivity contribution in [3.8, 4) is 0 Å². The quantitative estimate of drug-likeness (QED) is 0.779. The van der Waals surface area contributed by atoms with E-state index < -0.39 is 0 Å². The van der Waals surface area contributed by atoms with E-state index in [4.69, 9.17) is 19.6 Å². The van der Waals surface area contributed by atoms with Crippen LogP contribution >= 0.6 is 0 Å². The first kappa shape index (κ1) is 12.2. The van der Waals surface area contributed by atoms with Crippen LogP contribution in [-0.2, 0) is 22.6 Å². The molecule has 4 heteroatoms. The van der Waals surface area contributed by atoms with Crippen LogP contribution in [0.3, 0.4) is 0 Å². The van der Waals surface area contributed by atoms with Crippen molar-refractivity contribution in [2.24, 2.45) is 5.73 Å². The van der Waals surface area contributed by atoms with E-state index in [-0.39, 0.29) is 6.10 Å². The minimum absolute atomic E-state index is 0.0885. The lowest BCUT2D eigenvalue weighted by Crippen LogP contribution is -2.14. The predicted molar refractivity (Wildman–Crippen MR) is 57.5 cm³/mol. The van der Waals surface area contributed by atoms with Gasteiger partial charge in [0, 0.05) is 12.7 Å². The van der Waals surface area contributed by atoms with E-state index in [2.05, 4.69) is 0 Å². The molecule has 1 rings (SSSR count). The molecule has 0 amide bonds. The molecule has 0 radical (unpaired) electrons. The van der Waals surface area contributed by atoms with Gasteiger partial charge in [-0.3, -0.25) is 0 Å². The Hall–Kier alpha value is -0.840. The molecule has 1 aromatic heterocycles. The minimum Gasteiger partial charge on any atom is -0.465 e. The van der Waals surface area contributed by atoms with Gasteiger partial charge in [-0.15, -0.1) is 0 Å². The number of nitrogens with two attached hydrogens (primary N) is 1. The van der Waals surface area contributed by atoms with Gasteiger partial charge in [-0.2, -0.15) is 0 Å². The summed E-state index contributed by atoms with van der Waals surface area (Å²) < 4.78 is 16.0. The van der Waals surface area contributed by atoms with Crippen molar-refractivity contribution in [1.82, 2.24) is 0 Å². The molecular formula is C11H19NO3. The Morgan fingerprint density at radius 1 is 1.53 bits per heavy atom. The van der Waals surface area contributed by atoms with Crippen molar-refractivity contribution in [2.75, 3.05) is 13.7 Å². The Balaban J connectivity index is 2.46. The molecule has 0 saturated carbocycles. The molecule has 4 nitrogen and oxygen atoms in total. The Bertz CT molecular complexity index is 296. The lowest BCUT2D eigenvalue weighted by Gasteiger charge is -2.10. The molecule has 15 heavy (non-hydrogen) atoms. The Morgan fingerprint density at radius 2 is 2.27 bits per heavy atom. The number of hydrogen-bond acceptors (Lipinski definition) is 4. The third-order valence-electron chi connectivity index (χ3n) is 2.20. The van der Waals surface area contributed by atoms with Gasteiger partial charge in [-0.1, -0.05) is 0 Å². The van der Waals surface area contributed by atoms with Crippen molar-refractivity contribution in [3.05, 3.63) is 23.2 Å². The van der Waals surface area contributed by atoms with E-state index in [1.807, 2.05) is 19.9 Å². The number of hydrogen-bond donors (Lipinski definition) is 1. The van der Waals surface area contributed by atoms with Gasteiger partial charge < -0.3 is 19.6 Å².